The van der Waals surface area contributed by atoms with Gasteiger partial charge in [0.05, 0.1) is 15.7 Å². The molecule has 2 rings (SSSR count). The minimum absolute atomic E-state index is 0.252. The molecule has 2 aromatic rings. The standard InChI is InChI=1S/C11H10BrN5O/c12-8-6-14-4-3-9(8)16-11(18)7-1-2-10(17-13)15-5-7/h1-6H,13H2,(H,15,17)(H,14,16,18). The van der Waals surface area contributed by atoms with Crippen LogP contribution in [0.25, 0.3) is 0 Å². The highest BCUT2D eigenvalue weighted by molar-refractivity contribution is 9.10. The molecule has 0 fully saturated rings. The predicted molar refractivity (Wildman–Crippen MR) is 71.9 cm³/mol. The van der Waals surface area contributed by atoms with E-state index in [4.69, 9.17) is 5.84 Å². The molecule has 2 heterocycles. The maximum Gasteiger partial charge on any atom is 0.257 e. The third-order valence-electron chi connectivity index (χ3n) is 2.19. The molecule has 0 aliphatic rings. The first-order valence-corrected chi connectivity index (χ1v) is 5.83. The van der Waals surface area contributed by atoms with Crippen molar-refractivity contribution in [3.63, 3.8) is 0 Å². The molecule has 7 heteroatoms. The van der Waals surface area contributed by atoms with Gasteiger partial charge in [-0.3, -0.25) is 9.78 Å². The van der Waals surface area contributed by atoms with Gasteiger partial charge in [-0.15, -0.1) is 0 Å². The summed E-state index contributed by atoms with van der Waals surface area (Å²) in [7, 11) is 0. The van der Waals surface area contributed by atoms with E-state index in [1.54, 1.807) is 30.6 Å². The Morgan fingerprint density at radius 1 is 1.28 bits per heavy atom. The molecule has 92 valence electrons. The number of halogens is 1. The molecule has 2 aromatic heterocycles. The molecule has 0 saturated carbocycles. The average Bonchev–Trinajstić information content (AvgIpc) is 2.41. The van der Waals surface area contributed by atoms with Crippen molar-refractivity contribution in [3.8, 4) is 0 Å². The molecule has 0 spiro atoms. The van der Waals surface area contributed by atoms with Crippen LogP contribution in [0.3, 0.4) is 0 Å². The zero-order valence-electron chi connectivity index (χ0n) is 9.22. The van der Waals surface area contributed by atoms with Gasteiger partial charge in [0.25, 0.3) is 5.91 Å². The van der Waals surface area contributed by atoms with E-state index in [0.717, 1.165) is 0 Å². The van der Waals surface area contributed by atoms with E-state index in [1.165, 1.54) is 6.20 Å². The molecular weight excluding hydrogens is 298 g/mol. The molecule has 1 amide bonds. The van der Waals surface area contributed by atoms with Crippen LogP contribution >= 0.6 is 15.9 Å². The fraction of sp³-hybridized carbons (Fsp3) is 0. The van der Waals surface area contributed by atoms with Crippen molar-refractivity contribution < 1.29 is 4.79 Å². The monoisotopic (exact) mass is 307 g/mol. The number of hydrazine groups is 1. The second-order valence-electron chi connectivity index (χ2n) is 3.39. The molecule has 0 bridgehead atoms. The van der Waals surface area contributed by atoms with Crippen LogP contribution in [0.15, 0.2) is 41.3 Å². The highest BCUT2D eigenvalue weighted by atomic mass is 79.9. The quantitative estimate of drug-likeness (QED) is 0.593. The number of amides is 1. The van der Waals surface area contributed by atoms with Crippen LogP contribution < -0.4 is 16.6 Å². The number of carbonyl (C=O) groups excluding carboxylic acids is 1. The van der Waals surface area contributed by atoms with Gasteiger partial charge in [-0.25, -0.2) is 10.8 Å². The fourth-order valence-electron chi connectivity index (χ4n) is 1.28. The lowest BCUT2D eigenvalue weighted by Crippen LogP contribution is -2.14. The molecule has 0 radical (unpaired) electrons. The first-order chi connectivity index (χ1) is 8.70. The second-order valence-corrected chi connectivity index (χ2v) is 4.24. The van der Waals surface area contributed by atoms with Crippen LogP contribution in [0.2, 0.25) is 0 Å². The maximum atomic E-state index is 11.9. The molecule has 0 aliphatic carbocycles. The number of rotatable bonds is 3. The van der Waals surface area contributed by atoms with Crippen LogP contribution in [0.4, 0.5) is 11.5 Å². The van der Waals surface area contributed by atoms with Gasteiger partial charge in [-0.05, 0) is 34.1 Å². The van der Waals surface area contributed by atoms with Crippen LogP contribution in [0, 0.1) is 0 Å². The summed E-state index contributed by atoms with van der Waals surface area (Å²) in [4.78, 5) is 19.8. The summed E-state index contributed by atoms with van der Waals surface area (Å²) in [6.07, 6.45) is 4.65. The van der Waals surface area contributed by atoms with Gasteiger partial charge < -0.3 is 10.7 Å². The summed E-state index contributed by atoms with van der Waals surface area (Å²) in [6, 6.07) is 4.95. The number of anilines is 2. The van der Waals surface area contributed by atoms with Gasteiger partial charge in [0.2, 0.25) is 0 Å². The summed E-state index contributed by atoms with van der Waals surface area (Å²) in [5, 5.41) is 2.75. The predicted octanol–water partition coefficient (Wildman–Crippen LogP) is 1.78. The zero-order valence-corrected chi connectivity index (χ0v) is 10.8. The molecule has 0 aromatic carbocycles. The van der Waals surface area contributed by atoms with Crippen LogP contribution in [0.1, 0.15) is 10.4 Å². The maximum absolute atomic E-state index is 11.9. The van der Waals surface area contributed by atoms with Crippen molar-refractivity contribution in [1.82, 2.24) is 9.97 Å². The van der Waals surface area contributed by atoms with Crippen LogP contribution in [0.5, 0.6) is 0 Å². The van der Waals surface area contributed by atoms with E-state index in [2.05, 4.69) is 36.6 Å². The summed E-state index contributed by atoms with van der Waals surface area (Å²) >= 11 is 3.30. The minimum Gasteiger partial charge on any atom is -0.321 e. The number of nitrogens with two attached hydrogens (primary N) is 1. The van der Waals surface area contributed by atoms with Gasteiger partial charge in [0.1, 0.15) is 5.82 Å². The Labute approximate surface area is 112 Å². The summed E-state index contributed by atoms with van der Waals surface area (Å²) in [6.45, 7) is 0. The number of aromatic nitrogens is 2. The van der Waals surface area contributed by atoms with Crippen molar-refractivity contribution in [1.29, 1.82) is 0 Å². The number of nitrogens with zero attached hydrogens (tertiary/aromatic N) is 2. The molecule has 4 N–H and O–H groups in total. The Morgan fingerprint density at radius 3 is 2.72 bits per heavy atom. The lowest BCUT2D eigenvalue weighted by Gasteiger charge is -2.06. The molecular formula is C11H10BrN5O. The fourth-order valence-corrected chi connectivity index (χ4v) is 1.63. The first-order valence-electron chi connectivity index (χ1n) is 5.04. The van der Waals surface area contributed by atoms with Crippen molar-refractivity contribution in [2.24, 2.45) is 5.84 Å². The molecule has 0 saturated heterocycles. The van der Waals surface area contributed by atoms with Crippen LogP contribution in [-0.4, -0.2) is 15.9 Å². The molecule has 18 heavy (non-hydrogen) atoms. The van der Waals surface area contributed by atoms with E-state index >= 15 is 0 Å². The summed E-state index contributed by atoms with van der Waals surface area (Å²) in [5.74, 6) is 5.44. The lowest BCUT2D eigenvalue weighted by molar-refractivity contribution is 0.102. The van der Waals surface area contributed by atoms with Crippen molar-refractivity contribution in [3.05, 3.63) is 46.8 Å². The van der Waals surface area contributed by atoms with Gasteiger partial charge >= 0.3 is 0 Å². The first kappa shape index (κ1) is 12.5. The number of nitrogens with one attached hydrogen (secondary N) is 2. The van der Waals surface area contributed by atoms with E-state index in [0.29, 0.717) is 21.5 Å². The van der Waals surface area contributed by atoms with Gasteiger partial charge in [0, 0.05) is 18.6 Å². The summed E-state index contributed by atoms with van der Waals surface area (Å²) < 4.78 is 0.714. The zero-order chi connectivity index (χ0) is 13.0. The van der Waals surface area contributed by atoms with Crippen LogP contribution in [-0.2, 0) is 0 Å². The van der Waals surface area contributed by atoms with Crippen molar-refractivity contribution in [2.75, 3.05) is 10.7 Å². The van der Waals surface area contributed by atoms with Gasteiger partial charge in [0.15, 0.2) is 0 Å². The SMILES string of the molecule is NNc1ccc(C(=O)Nc2ccncc2Br)cn1. The Morgan fingerprint density at radius 2 is 2.11 bits per heavy atom. The van der Waals surface area contributed by atoms with E-state index < -0.39 is 0 Å². The molecule has 6 nitrogen and oxygen atoms in total. The third kappa shape index (κ3) is 2.82. The minimum atomic E-state index is -0.252. The smallest absolute Gasteiger partial charge is 0.257 e. The number of hydrogen-bond donors (Lipinski definition) is 3. The third-order valence-corrected chi connectivity index (χ3v) is 2.83. The van der Waals surface area contributed by atoms with E-state index in [9.17, 15) is 4.79 Å². The molecule has 0 unspecified atom stereocenters. The van der Waals surface area contributed by atoms with Gasteiger partial charge in [-0.2, -0.15) is 0 Å². The number of hydrogen-bond acceptors (Lipinski definition) is 5. The highest BCUT2D eigenvalue weighted by Crippen LogP contribution is 2.20. The van der Waals surface area contributed by atoms with E-state index in [1.807, 2.05) is 0 Å². The topological polar surface area (TPSA) is 92.9 Å². The largest absolute Gasteiger partial charge is 0.321 e. The average molecular weight is 308 g/mol. The van der Waals surface area contributed by atoms with Crippen molar-refractivity contribution in [2.45, 2.75) is 0 Å². The number of nitrogen functional groups attached to an aromatic ring is 1. The normalized spacial score (nSPS) is 9.89. The Bertz CT molecular complexity index is 558. The number of pyridine rings is 2. The Hall–Kier alpha value is -1.99. The molecule has 0 atom stereocenters. The van der Waals surface area contributed by atoms with Gasteiger partial charge in [-0.1, -0.05) is 0 Å². The molecule has 0 aliphatic heterocycles. The lowest BCUT2D eigenvalue weighted by atomic mass is 10.2. The van der Waals surface area contributed by atoms with Crippen molar-refractivity contribution >= 4 is 33.3 Å². The number of carbonyl (C=O) groups is 1. The summed E-state index contributed by atoms with van der Waals surface area (Å²) in [5.41, 5.74) is 3.48. The second kappa shape index (κ2) is 5.56. The Balaban J connectivity index is 2.14. The highest BCUT2D eigenvalue weighted by Gasteiger charge is 2.08. The Kier molecular flexibility index (Phi) is 3.85. The van der Waals surface area contributed by atoms with E-state index in [-0.39, 0.29) is 5.91 Å².